The average Bonchev–Trinajstić information content (AvgIpc) is 2.84. The Morgan fingerprint density at radius 2 is 1.38 bits per heavy atom. The van der Waals surface area contributed by atoms with Gasteiger partial charge in [0.05, 0.1) is 9.79 Å². The number of benzene rings is 3. The number of nitrogens with one attached hydrogen (secondary N) is 1. The van der Waals surface area contributed by atoms with Crippen molar-refractivity contribution < 1.29 is 21.6 Å². The van der Waals surface area contributed by atoms with Crippen molar-refractivity contribution in [1.29, 1.82) is 0 Å². The number of hydrogen-bond acceptors (Lipinski definition) is 5. The van der Waals surface area contributed by atoms with Gasteiger partial charge in [-0.1, -0.05) is 54.1 Å². The highest BCUT2D eigenvalue weighted by molar-refractivity contribution is 7.89. The fourth-order valence-electron chi connectivity index (χ4n) is 3.72. The molecular formula is C23H22ClN3O5S2. The molecule has 11 heteroatoms. The van der Waals surface area contributed by atoms with E-state index in [0.717, 1.165) is 8.61 Å². The molecule has 0 aromatic heterocycles. The van der Waals surface area contributed by atoms with Gasteiger partial charge < -0.3 is 5.32 Å². The van der Waals surface area contributed by atoms with Gasteiger partial charge in [-0.05, 0) is 42.5 Å². The van der Waals surface area contributed by atoms with E-state index in [0.29, 0.717) is 10.7 Å². The Kier molecular flexibility index (Phi) is 7.06. The Hall–Kier alpha value is -2.76. The number of amides is 1. The van der Waals surface area contributed by atoms with Crippen LogP contribution in [0.3, 0.4) is 0 Å². The van der Waals surface area contributed by atoms with Gasteiger partial charge in [-0.3, -0.25) is 4.79 Å². The maximum absolute atomic E-state index is 13.4. The minimum absolute atomic E-state index is 0.0231. The predicted molar refractivity (Wildman–Crippen MR) is 129 cm³/mol. The van der Waals surface area contributed by atoms with E-state index in [1.807, 2.05) is 0 Å². The van der Waals surface area contributed by atoms with Crippen LogP contribution in [-0.2, 0) is 24.8 Å². The Balaban J connectivity index is 1.69. The molecule has 1 amide bonds. The topological polar surface area (TPSA) is 104 Å². The molecular weight excluding hydrogens is 498 g/mol. The smallest absolute Gasteiger partial charge is 0.244 e. The highest BCUT2D eigenvalue weighted by atomic mass is 35.5. The number of piperazine rings is 1. The van der Waals surface area contributed by atoms with Gasteiger partial charge in [0.15, 0.2) is 0 Å². The summed E-state index contributed by atoms with van der Waals surface area (Å²) in [5, 5.41) is 3.06. The lowest BCUT2D eigenvalue weighted by Crippen LogP contribution is -2.60. The Bertz CT molecular complexity index is 1380. The van der Waals surface area contributed by atoms with Crippen molar-refractivity contribution in [3.63, 3.8) is 0 Å². The number of hydrogen-bond donors (Lipinski definition) is 1. The number of carbonyl (C=O) groups excluding carboxylic acids is 1. The monoisotopic (exact) mass is 519 g/mol. The lowest BCUT2D eigenvalue weighted by atomic mass is 10.2. The molecule has 0 aliphatic carbocycles. The minimum Gasteiger partial charge on any atom is -0.325 e. The van der Waals surface area contributed by atoms with E-state index in [1.54, 1.807) is 54.6 Å². The molecule has 3 aromatic carbocycles. The summed E-state index contributed by atoms with van der Waals surface area (Å²) in [6.45, 7) is -0.614. The molecule has 1 atom stereocenters. The molecule has 1 saturated heterocycles. The first-order chi connectivity index (χ1) is 16.2. The summed E-state index contributed by atoms with van der Waals surface area (Å²) in [6, 6.07) is 20.7. The number of nitrogens with zero attached hydrogens (tertiary/aromatic N) is 2. The molecule has 0 radical (unpaired) electrons. The fraction of sp³-hybridized carbons (Fsp3) is 0.174. The van der Waals surface area contributed by atoms with Crippen LogP contribution in [0.2, 0.25) is 5.02 Å². The van der Waals surface area contributed by atoms with Crippen molar-refractivity contribution in [1.82, 2.24) is 8.61 Å². The first-order valence-corrected chi connectivity index (χ1v) is 13.6. The van der Waals surface area contributed by atoms with Gasteiger partial charge in [0.25, 0.3) is 0 Å². The van der Waals surface area contributed by atoms with E-state index >= 15 is 0 Å². The van der Waals surface area contributed by atoms with E-state index in [-0.39, 0.29) is 29.4 Å². The molecule has 1 heterocycles. The number of halogens is 1. The number of sulfonamides is 2. The van der Waals surface area contributed by atoms with Crippen molar-refractivity contribution in [3.05, 3.63) is 90.0 Å². The Morgan fingerprint density at radius 1 is 0.794 bits per heavy atom. The van der Waals surface area contributed by atoms with Crippen molar-refractivity contribution in [3.8, 4) is 0 Å². The van der Waals surface area contributed by atoms with Crippen LogP contribution in [0.4, 0.5) is 5.69 Å². The standard InChI is InChI=1S/C23H22ClN3O5S2/c24-18-8-7-9-19(16-18)25-23(28)22-17-26(33(29,30)20-10-3-1-4-11-20)14-15-27(22)34(31,32)21-12-5-2-6-13-21/h1-13,16,22H,14-15,17H2,(H,25,28)/t22-/m1/s1. The highest BCUT2D eigenvalue weighted by Crippen LogP contribution is 2.26. The molecule has 0 saturated carbocycles. The van der Waals surface area contributed by atoms with Crippen LogP contribution in [0.15, 0.2) is 94.7 Å². The summed E-state index contributed by atoms with van der Waals surface area (Å²) in [4.78, 5) is 13.4. The summed E-state index contributed by atoms with van der Waals surface area (Å²) < 4.78 is 55.4. The third kappa shape index (κ3) is 5.01. The lowest BCUT2D eigenvalue weighted by Gasteiger charge is -2.38. The van der Waals surface area contributed by atoms with Gasteiger partial charge in [-0.2, -0.15) is 8.61 Å². The summed E-state index contributed by atoms with van der Waals surface area (Å²) in [6.07, 6.45) is 0. The zero-order valence-corrected chi connectivity index (χ0v) is 20.3. The zero-order chi connectivity index (χ0) is 24.3. The van der Waals surface area contributed by atoms with Gasteiger partial charge in [0.2, 0.25) is 26.0 Å². The fourth-order valence-corrected chi connectivity index (χ4v) is 6.96. The van der Waals surface area contributed by atoms with Crippen LogP contribution >= 0.6 is 11.6 Å². The SMILES string of the molecule is O=C(Nc1cccc(Cl)c1)[C@H]1CN(S(=O)(=O)c2ccccc2)CCN1S(=O)(=O)c1ccccc1. The van der Waals surface area contributed by atoms with Crippen LogP contribution in [0.25, 0.3) is 0 Å². The zero-order valence-electron chi connectivity index (χ0n) is 17.9. The summed E-state index contributed by atoms with van der Waals surface area (Å²) in [5.41, 5.74) is 0.373. The maximum atomic E-state index is 13.4. The quantitative estimate of drug-likeness (QED) is 0.539. The van der Waals surface area contributed by atoms with Crippen molar-refractivity contribution in [2.45, 2.75) is 15.8 Å². The van der Waals surface area contributed by atoms with Gasteiger partial charge in [-0.15, -0.1) is 0 Å². The first-order valence-electron chi connectivity index (χ1n) is 10.4. The molecule has 3 aromatic rings. The van der Waals surface area contributed by atoms with E-state index in [1.165, 1.54) is 30.3 Å². The Morgan fingerprint density at radius 3 is 1.97 bits per heavy atom. The number of rotatable bonds is 6. The second kappa shape index (κ2) is 9.85. The van der Waals surface area contributed by atoms with Crippen LogP contribution in [0.1, 0.15) is 0 Å². The highest BCUT2D eigenvalue weighted by Gasteiger charge is 2.43. The molecule has 1 N–H and O–H groups in total. The molecule has 178 valence electrons. The van der Waals surface area contributed by atoms with Gasteiger partial charge in [-0.25, -0.2) is 16.8 Å². The average molecular weight is 520 g/mol. The normalized spacial score (nSPS) is 17.9. The second-order valence-electron chi connectivity index (χ2n) is 7.62. The molecule has 0 spiro atoms. The van der Waals surface area contributed by atoms with Crippen LogP contribution in [-0.4, -0.2) is 57.0 Å². The third-order valence-electron chi connectivity index (χ3n) is 5.42. The molecule has 0 unspecified atom stereocenters. The maximum Gasteiger partial charge on any atom is 0.244 e. The summed E-state index contributed by atoms with van der Waals surface area (Å²) >= 11 is 6.00. The molecule has 0 bridgehead atoms. The molecule has 1 aliphatic heterocycles. The molecule has 34 heavy (non-hydrogen) atoms. The predicted octanol–water partition coefficient (Wildman–Crippen LogP) is 3.04. The molecule has 1 fully saturated rings. The molecule has 4 rings (SSSR count). The summed E-state index contributed by atoms with van der Waals surface area (Å²) in [7, 11) is -8.00. The molecule has 1 aliphatic rings. The number of carbonyl (C=O) groups is 1. The van der Waals surface area contributed by atoms with Crippen molar-refractivity contribution in [2.75, 3.05) is 25.0 Å². The van der Waals surface area contributed by atoms with Gasteiger partial charge >= 0.3 is 0 Å². The van der Waals surface area contributed by atoms with Crippen LogP contribution < -0.4 is 5.32 Å². The van der Waals surface area contributed by atoms with Gasteiger partial charge in [0.1, 0.15) is 6.04 Å². The number of anilines is 1. The minimum atomic E-state index is -4.07. The van der Waals surface area contributed by atoms with Crippen LogP contribution in [0.5, 0.6) is 0 Å². The first kappa shape index (κ1) is 24.4. The van der Waals surface area contributed by atoms with Crippen molar-refractivity contribution >= 4 is 43.2 Å². The van der Waals surface area contributed by atoms with E-state index in [9.17, 15) is 21.6 Å². The van der Waals surface area contributed by atoms with Gasteiger partial charge in [0, 0.05) is 30.3 Å². The van der Waals surface area contributed by atoms with Crippen molar-refractivity contribution in [2.24, 2.45) is 0 Å². The lowest BCUT2D eigenvalue weighted by molar-refractivity contribution is -0.120. The van der Waals surface area contributed by atoms with E-state index in [2.05, 4.69) is 5.32 Å². The molecule has 8 nitrogen and oxygen atoms in total. The largest absolute Gasteiger partial charge is 0.325 e. The summed E-state index contributed by atoms with van der Waals surface area (Å²) in [5.74, 6) is -0.658. The van der Waals surface area contributed by atoms with E-state index < -0.39 is 32.0 Å². The second-order valence-corrected chi connectivity index (χ2v) is 11.9. The third-order valence-corrected chi connectivity index (χ3v) is 9.46. The van der Waals surface area contributed by atoms with E-state index in [4.69, 9.17) is 11.6 Å². The Labute approximate surface area is 203 Å². The van der Waals surface area contributed by atoms with Crippen LogP contribution in [0, 0.1) is 0 Å².